The molecule has 1 aliphatic heterocycles. The van der Waals surface area contributed by atoms with Gasteiger partial charge in [-0.15, -0.1) is 0 Å². The average molecular weight is 421 g/mol. The molecule has 0 saturated carbocycles. The molecule has 162 valence electrons. The lowest BCUT2D eigenvalue weighted by atomic mass is 10.0. The Balaban J connectivity index is 1.62. The van der Waals surface area contributed by atoms with E-state index < -0.39 is 0 Å². The third-order valence-electron chi connectivity index (χ3n) is 5.37. The fourth-order valence-corrected chi connectivity index (χ4v) is 3.74. The van der Waals surface area contributed by atoms with E-state index in [-0.39, 0.29) is 6.10 Å². The van der Waals surface area contributed by atoms with Crippen LogP contribution in [0, 0.1) is 6.92 Å². The first-order chi connectivity index (χ1) is 15.0. The van der Waals surface area contributed by atoms with Gasteiger partial charge in [0.15, 0.2) is 0 Å². The van der Waals surface area contributed by atoms with Gasteiger partial charge in [0.05, 0.1) is 19.4 Å². The number of hydrogen-bond acceptors (Lipinski definition) is 8. The molecule has 0 N–H and O–H groups in total. The summed E-state index contributed by atoms with van der Waals surface area (Å²) in [4.78, 5) is 21.9. The highest BCUT2D eigenvalue weighted by Gasteiger charge is 2.27. The first-order valence-corrected chi connectivity index (χ1v) is 10.3. The van der Waals surface area contributed by atoms with E-state index in [1.54, 1.807) is 19.5 Å². The number of methoxy groups -OCH3 is 1. The summed E-state index contributed by atoms with van der Waals surface area (Å²) < 4.78 is 11.8. The summed E-state index contributed by atoms with van der Waals surface area (Å²) in [5.74, 6) is 1.57. The summed E-state index contributed by atoms with van der Waals surface area (Å²) in [5, 5.41) is 0. The zero-order valence-corrected chi connectivity index (χ0v) is 18.4. The highest BCUT2D eigenvalue weighted by Crippen LogP contribution is 2.32. The fraction of sp³-hybridized carbons (Fsp3) is 0.391. The Morgan fingerprint density at radius 2 is 2.00 bits per heavy atom. The van der Waals surface area contributed by atoms with Crippen LogP contribution in [0.25, 0.3) is 11.1 Å². The maximum absolute atomic E-state index is 6.18. The molecule has 1 aromatic carbocycles. The molecule has 0 aliphatic carbocycles. The predicted molar refractivity (Wildman–Crippen MR) is 119 cm³/mol. The van der Waals surface area contributed by atoms with E-state index in [4.69, 9.17) is 14.5 Å². The van der Waals surface area contributed by atoms with Gasteiger partial charge in [0, 0.05) is 69.0 Å². The second-order valence-corrected chi connectivity index (χ2v) is 7.90. The van der Waals surface area contributed by atoms with Gasteiger partial charge >= 0.3 is 0 Å². The number of nitrogens with zero attached hydrogens (tertiary/aromatic N) is 6. The van der Waals surface area contributed by atoms with Crippen molar-refractivity contribution in [3.05, 3.63) is 59.9 Å². The van der Waals surface area contributed by atoms with Gasteiger partial charge in [-0.1, -0.05) is 12.1 Å². The predicted octanol–water partition coefficient (Wildman–Crippen LogP) is 2.89. The highest BCUT2D eigenvalue weighted by atomic mass is 16.5. The lowest BCUT2D eigenvalue weighted by Crippen LogP contribution is -2.38. The van der Waals surface area contributed by atoms with Crippen LogP contribution in [0.2, 0.25) is 0 Å². The van der Waals surface area contributed by atoms with Crippen molar-refractivity contribution in [1.82, 2.24) is 24.8 Å². The topological polar surface area (TPSA) is 76.5 Å². The molecule has 1 aliphatic rings. The Labute approximate surface area is 182 Å². The Morgan fingerprint density at radius 1 is 1.19 bits per heavy atom. The molecule has 0 amide bonds. The second kappa shape index (κ2) is 9.36. The number of benzene rings is 1. The van der Waals surface area contributed by atoms with Crippen LogP contribution in [0.1, 0.15) is 22.9 Å². The smallest absolute Gasteiger partial charge is 0.225 e. The number of morpholine rings is 1. The molecule has 4 rings (SSSR count). The summed E-state index contributed by atoms with van der Waals surface area (Å²) in [6.07, 6.45) is 6.74. The molecular weight excluding hydrogens is 392 g/mol. The number of anilines is 1. The van der Waals surface area contributed by atoms with E-state index in [9.17, 15) is 0 Å². The van der Waals surface area contributed by atoms with E-state index in [1.165, 1.54) is 17.5 Å². The summed E-state index contributed by atoms with van der Waals surface area (Å²) in [6.45, 7) is 5.07. The number of aromatic nitrogens is 4. The van der Waals surface area contributed by atoms with Crippen molar-refractivity contribution in [2.75, 3.05) is 45.8 Å². The molecule has 1 fully saturated rings. The maximum atomic E-state index is 6.18. The number of aryl methyl sites for hydroxylation is 1. The van der Waals surface area contributed by atoms with Gasteiger partial charge in [0.2, 0.25) is 5.95 Å². The van der Waals surface area contributed by atoms with Crippen molar-refractivity contribution in [1.29, 1.82) is 0 Å². The molecule has 2 aromatic heterocycles. The monoisotopic (exact) mass is 420 g/mol. The highest BCUT2D eigenvalue weighted by molar-refractivity contribution is 5.64. The van der Waals surface area contributed by atoms with Crippen molar-refractivity contribution in [3.63, 3.8) is 0 Å². The van der Waals surface area contributed by atoms with Gasteiger partial charge in [-0.3, -0.25) is 4.90 Å². The third-order valence-corrected chi connectivity index (χ3v) is 5.37. The van der Waals surface area contributed by atoms with E-state index >= 15 is 0 Å². The van der Waals surface area contributed by atoms with Crippen molar-refractivity contribution in [3.8, 4) is 16.9 Å². The molecule has 1 atom stereocenters. The largest absolute Gasteiger partial charge is 0.496 e. The SMILES string of the molecule is COc1cc(C)ccc1CN1CCO[C@@H](c2nc(N(C)C)ncc2-c2cncnc2)C1. The van der Waals surface area contributed by atoms with Gasteiger partial charge in [-0.25, -0.2) is 19.9 Å². The van der Waals surface area contributed by atoms with Crippen molar-refractivity contribution >= 4 is 5.95 Å². The number of hydrogen-bond donors (Lipinski definition) is 0. The van der Waals surface area contributed by atoms with E-state index in [0.29, 0.717) is 12.6 Å². The van der Waals surface area contributed by atoms with Crippen LogP contribution in [0.3, 0.4) is 0 Å². The standard InChI is InChI=1S/C23H28N6O2/c1-16-5-6-17(20(9-16)30-4)13-29-7-8-31-21(14-29)22-19(18-10-24-15-25-11-18)12-26-23(27-22)28(2)3/h5-6,9-12,15,21H,7-8,13-14H2,1-4H3/t21-/m1/s1. The molecule has 0 unspecified atom stereocenters. The van der Waals surface area contributed by atoms with Crippen LogP contribution in [-0.4, -0.2) is 65.7 Å². The number of rotatable bonds is 6. The lowest BCUT2D eigenvalue weighted by Gasteiger charge is -2.33. The molecule has 3 heterocycles. The quantitative estimate of drug-likeness (QED) is 0.603. The lowest BCUT2D eigenvalue weighted by molar-refractivity contribution is -0.0348. The van der Waals surface area contributed by atoms with Gasteiger partial charge < -0.3 is 14.4 Å². The minimum atomic E-state index is -0.179. The average Bonchev–Trinajstić information content (AvgIpc) is 2.80. The molecule has 3 aromatic rings. The van der Waals surface area contributed by atoms with Gasteiger partial charge in [-0.2, -0.15) is 0 Å². The second-order valence-electron chi connectivity index (χ2n) is 7.90. The van der Waals surface area contributed by atoms with Crippen molar-refractivity contribution in [2.24, 2.45) is 0 Å². The fourth-order valence-electron chi connectivity index (χ4n) is 3.74. The minimum Gasteiger partial charge on any atom is -0.496 e. The molecule has 8 nitrogen and oxygen atoms in total. The zero-order chi connectivity index (χ0) is 21.8. The van der Waals surface area contributed by atoms with E-state index in [1.807, 2.05) is 25.2 Å². The van der Waals surface area contributed by atoms with E-state index in [0.717, 1.165) is 42.2 Å². The van der Waals surface area contributed by atoms with Gasteiger partial charge in [0.1, 0.15) is 18.2 Å². The Hall–Kier alpha value is -3.10. The number of ether oxygens (including phenoxy) is 2. The summed E-state index contributed by atoms with van der Waals surface area (Å²) in [5.41, 5.74) is 4.98. The Bertz CT molecular complexity index is 1030. The first kappa shape index (κ1) is 21.1. The van der Waals surface area contributed by atoms with Gasteiger partial charge in [0.25, 0.3) is 0 Å². The van der Waals surface area contributed by atoms with Crippen LogP contribution in [0.15, 0.2) is 43.1 Å². The van der Waals surface area contributed by atoms with Crippen molar-refractivity contribution in [2.45, 2.75) is 19.6 Å². The molecule has 0 spiro atoms. The van der Waals surface area contributed by atoms with Crippen LogP contribution in [-0.2, 0) is 11.3 Å². The minimum absolute atomic E-state index is 0.179. The van der Waals surface area contributed by atoms with Crippen molar-refractivity contribution < 1.29 is 9.47 Å². The summed E-state index contributed by atoms with van der Waals surface area (Å²) in [7, 11) is 5.59. The summed E-state index contributed by atoms with van der Waals surface area (Å²) in [6, 6.07) is 6.34. The van der Waals surface area contributed by atoms with Crippen LogP contribution in [0.4, 0.5) is 5.95 Å². The molecule has 31 heavy (non-hydrogen) atoms. The zero-order valence-electron chi connectivity index (χ0n) is 18.4. The van der Waals surface area contributed by atoms with Crippen LogP contribution < -0.4 is 9.64 Å². The van der Waals surface area contributed by atoms with Crippen LogP contribution >= 0.6 is 0 Å². The van der Waals surface area contributed by atoms with Crippen LogP contribution in [0.5, 0.6) is 5.75 Å². The van der Waals surface area contributed by atoms with Gasteiger partial charge in [-0.05, 0) is 18.6 Å². The normalized spacial score (nSPS) is 16.8. The molecule has 0 radical (unpaired) electrons. The molecule has 8 heteroatoms. The Kier molecular flexibility index (Phi) is 6.39. The molecular formula is C23H28N6O2. The third kappa shape index (κ3) is 4.81. The molecule has 1 saturated heterocycles. The Morgan fingerprint density at radius 3 is 2.74 bits per heavy atom. The summed E-state index contributed by atoms with van der Waals surface area (Å²) >= 11 is 0. The van der Waals surface area contributed by atoms with E-state index in [2.05, 4.69) is 45.0 Å². The maximum Gasteiger partial charge on any atom is 0.225 e. The molecule has 0 bridgehead atoms. The first-order valence-electron chi connectivity index (χ1n) is 10.3.